The maximum Gasteiger partial charge on any atom is 0.167 e. The molecule has 1 heterocycles. The Morgan fingerprint density at radius 1 is 0.647 bits per heavy atom. The summed E-state index contributed by atoms with van der Waals surface area (Å²) in [5.41, 5.74) is 1.57. The molecule has 0 amide bonds. The summed E-state index contributed by atoms with van der Waals surface area (Å²) in [7, 11) is 0. The number of phenols is 2. The minimum absolute atomic E-state index is 0.0462. The summed E-state index contributed by atoms with van der Waals surface area (Å²) in [6, 6.07) is 19.2. The molecule has 0 saturated heterocycles. The lowest BCUT2D eigenvalue weighted by Crippen LogP contribution is -2.01. The number of rotatable bonds is 9. The predicted octanol–water partition coefficient (Wildman–Crippen LogP) is 5.41. The molecule has 4 rings (SSSR count). The Morgan fingerprint density at radius 2 is 1.12 bits per heavy atom. The minimum Gasteiger partial charge on any atom is -0.507 e. The van der Waals surface area contributed by atoms with E-state index in [0.717, 1.165) is 5.56 Å². The molecule has 0 aliphatic rings. The van der Waals surface area contributed by atoms with Crippen molar-refractivity contribution in [3.05, 3.63) is 92.0 Å². The van der Waals surface area contributed by atoms with Crippen molar-refractivity contribution in [1.29, 1.82) is 0 Å². The van der Waals surface area contributed by atoms with Crippen LogP contribution in [0.5, 0.6) is 23.0 Å². The Bertz CT molecular complexity index is 1240. The van der Waals surface area contributed by atoms with Crippen molar-refractivity contribution in [2.45, 2.75) is 0 Å². The first-order chi connectivity index (χ1) is 16.6. The molecule has 170 valence electrons. The lowest BCUT2D eigenvalue weighted by atomic mass is 10.1. The first-order valence-corrected chi connectivity index (χ1v) is 10.5. The Hall–Kier alpha value is -4.65. The molecule has 2 N–H and O–H groups in total. The number of benzene rings is 3. The Labute approximate surface area is 197 Å². The van der Waals surface area contributed by atoms with E-state index in [1.807, 2.05) is 30.3 Å². The lowest BCUT2D eigenvalue weighted by molar-refractivity contribution is 0.360. The van der Waals surface area contributed by atoms with Gasteiger partial charge in [0.25, 0.3) is 0 Å². The van der Waals surface area contributed by atoms with Crippen molar-refractivity contribution in [2.75, 3.05) is 13.2 Å². The van der Waals surface area contributed by atoms with E-state index in [2.05, 4.69) is 28.1 Å². The topological polar surface area (TPSA) is 97.6 Å². The maximum atomic E-state index is 10.7. The van der Waals surface area contributed by atoms with Crippen LogP contribution in [-0.2, 0) is 0 Å². The van der Waals surface area contributed by atoms with Crippen LogP contribution in [0.1, 0.15) is 0 Å². The van der Waals surface area contributed by atoms with Crippen molar-refractivity contribution in [3.63, 3.8) is 0 Å². The van der Waals surface area contributed by atoms with E-state index in [-0.39, 0.29) is 23.1 Å². The zero-order valence-corrected chi connectivity index (χ0v) is 18.4. The number of hydrogen-bond donors (Lipinski definition) is 2. The largest absolute Gasteiger partial charge is 0.507 e. The molecule has 0 aliphatic carbocycles. The van der Waals surface area contributed by atoms with E-state index in [1.54, 1.807) is 36.4 Å². The van der Waals surface area contributed by atoms with Gasteiger partial charge in [-0.15, -0.1) is 0 Å². The number of aromatic nitrogens is 3. The van der Waals surface area contributed by atoms with Gasteiger partial charge < -0.3 is 19.7 Å². The highest BCUT2D eigenvalue weighted by Crippen LogP contribution is 2.35. The molecule has 7 nitrogen and oxygen atoms in total. The van der Waals surface area contributed by atoms with Crippen molar-refractivity contribution >= 4 is 0 Å². The van der Waals surface area contributed by atoms with Crippen LogP contribution in [-0.4, -0.2) is 38.4 Å². The normalized spacial score (nSPS) is 10.5. The molecule has 34 heavy (non-hydrogen) atoms. The molecule has 0 bridgehead atoms. The summed E-state index contributed by atoms with van der Waals surface area (Å²) in [4.78, 5) is 13.7. The molecule has 7 heteroatoms. The van der Waals surface area contributed by atoms with Gasteiger partial charge in [0.05, 0.1) is 11.1 Å². The highest BCUT2D eigenvalue weighted by Gasteiger charge is 2.17. The van der Waals surface area contributed by atoms with Gasteiger partial charge >= 0.3 is 0 Å². The van der Waals surface area contributed by atoms with E-state index < -0.39 is 0 Å². The SMILES string of the molecule is C=CCOc1ccc(-c2nc(-c3ccccc3)nc(-c3ccc(OCC=C)cc3O)n2)c(O)c1. The summed E-state index contributed by atoms with van der Waals surface area (Å²) in [6.45, 7) is 7.88. The van der Waals surface area contributed by atoms with E-state index in [4.69, 9.17) is 9.47 Å². The van der Waals surface area contributed by atoms with Crippen molar-refractivity contribution in [1.82, 2.24) is 15.0 Å². The summed E-state index contributed by atoms with van der Waals surface area (Å²) in [6.07, 6.45) is 3.24. The van der Waals surface area contributed by atoms with Crippen LogP contribution in [0, 0.1) is 0 Å². The fraction of sp³-hybridized carbons (Fsp3) is 0.0741. The molecule has 0 aliphatic heterocycles. The van der Waals surface area contributed by atoms with Crippen LogP contribution in [0.25, 0.3) is 34.2 Å². The molecule has 0 fully saturated rings. The molecule has 0 spiro atoms. The first kappa shape index (κ1) is 22.5. The minimum atomic E-state index is -0.0462. The lowest BCUT2D eigenvalue weighted by Gasteiger charge is -2.12. The van der Waals surface area contributed by atoms with Gasteiger partial charge in [0.2, 0.25) is 0 Å². The molecular weight excluding hydrogens is 430 g/mol. The van der Waals surface area contributed by atoms with Crippen LogP contribution in [0.2, 0.25) is 0 Å². The summed E-state index contributed by atoms with van der Waals surface area (Å²) < 4.78 is 11.0. The Balaban J connectivity index is 1.82. The van der Waals surface area contributed by atoms with Crippen molar-refractivity contribution in [3.8, 4) is 57.2 Å². The van der Waals surface area contributed by atoms with Crippen LogP contribution >= 0.6 is 0 Å². The molecule has 0 saturated carbocycles. The van der Waals surface area contributed by atoms with Gasteiger partial charge in [-0.3, -0.25) is 0 Å². The number of aromatic hydroxyl groups is 2. The first-order valence-electron chi connectivity index (χ1n) is 10.5. The van der Waals surface area contributed by atoms with Crippen molar-refractivity contribution < 1.29 is 19.7 Å². The molecule has 4 aromatic rings. The van der Waals surface area contributed by atoms with Gasteiger partial charge in [-0.25, -0.2) is 15.0 Å². The quantitative estimate of drug-likeness (QED) is 0.327. The van der Waals surface area contributed by atoms with E-state index in [0.29, 0.717) is 41.7 Å². The van der Waals surface area contributed by atoms with Crippen LogP contribution in [0.4, 0.5) is 0 Å². The van der Waals surface area contributed by atoms with E-state index >= 15 is 0 Å². The van der Waals surface area contributed by atoms with Gasteiger partial charge in [-0.05, 0) is 24.3 Å². The summed E-state index contributed by atoms with van der Waals surface area (Å²) in [5.74, 6) is 1.80. The molecule has 1 aromatic heterocycles. The third-order valence-electron chi connectivity index (χ3n) is 4.82. The van der Waals surface area contributed by atoms with Gasteiger partial charge in [0, 0.05) is 17.7 Å². The third kappa shape index (κ3) is 5.05. The molecule has 0 radical (unpaired) electrons. The molecule has 3 aromatic carbocycles. The van der Waals surface area contributed by atoms with Crippen LogP contribution in [0.15, 0.2) is 92.0 Å². The second-order valence-corrected chi connectivity index (χ2v) is 7.23. The smallest absolute Gasteiger partial charge is 0.167 e. The van der Waals surface area contributed by atoms with Gasteiger partial charge in [0.1, 0.15) is 36.2 Å². The number of ether oxygens (including phenoxy) is 2. The predicted molar refractivity (Wildman–Crippen MR) is 131 cm³/mol. The fourth-order valence-corrected chi connectivity index (χ4v) is 3.22. The van der Waals surface area contributed by atoms with E-state index in [1.165, 1.54) is 12.1 Å². The van der Waals surface area contributed by atoms with Gasteiger partial charge in [-0.2, -0.15) is 0 Å². The third-order valence-corrected chi connectivity index (χ3v) is 4.82. The monoisotopic (exact) mass is 453 g/mol. The molecule has 0 atom stereocenters. The average Bonchev–Trinajstić information content (AvgIpc) is 2.86. The highest BCUT2D eigenvalue weighted by molar-refractivity contribution is 5.72. The molecular formula is C27H23N3O4. The van der Waals surface area contributed by atoms with Gasteiger partial charge in [0.15, 0.2) is 17.5 Å². The maximum absolute atomic E-state index is 10.7. The zero-order valence-electron chi connectivity index (χ0n) is 18.4. The second kappa shape index (κ2) is 10.3. The fourth-order valence-electron chi connectivity index (χ4n) is 3.22. The number of nitrogens with zero attached hydrogens (tertiary/aromatic N) is 3. The van der Waals surface area contributed by atoms with Crippen molar-refractivity contribution in [2.24, 2.45) is 0 Å². The second-order valence-electron chi connectivity index (χ2n) is 7.23. The van der Waals surface area contributed by atoms with Crippen LogP contribution in [0.3, 0.4) is 0 Å². The van der Waals surface area contributed by atoms with Gasteiger partial charge in [-0.1, -0.05) is 55.6 Å². The molecule has 0 unspecified atom stereocenters. The zero-order chi connectivity index (χ0) is 23.9. The summed E-state index contributed by atoms with van der Waals surface area (Å²) in [5, 5.41) is 21.3. The highest BCUT2D eigenvalue weighted by atomic mass is 16.5. The Morgan fingerprint density at radius 3 is 1.56 bits per heavy atom. The van der Waals surface area contributed by atoms with Crippen LogP contribution < -0.4 is 9.47 Å². The number of phenolic OH excluding ortho intramolecular Hbond substituents is 2. The standard InChI is InChI=1S/C27H23N3O4/c1-3-14-33-19-10-12-21(23(31)16-19)26-28-25(18-8-6-5-7-9-18)29-27(30-26)22-13-11-20(17-24(22)32)34-15-4-2/h3-13,16-17,31-32H,1-2,14-15H2. The summed E-state index contributed by atoms with van der Waals surface area (Å²) >= 11 is 0. The van der Waals surface area contributed by atoms with E-state index in [9.17, 15) is 10.2 Å². The average molecular weight is 453 g/mol. The number of hydrogen-bond acceptors (Lipinski definition) is 7. The Kier molecular flexibility index (Phi) is 6.84.